The number of thiazole rings is 1. The molecule has 0 saturated heterocycles. The summed E-state index contributed by atoms with van der Waals surface area (Å²) in [5, 5.41) is 3.22. The van der Waals surface area contributed by atoms with Crippen LogP contribution in [0.2, 0.25) is 0 Å². The third-order valence-electron chi connectivity index (χ3n) is 4.28. The van der Waals surface area contributed by atoms with Crippen molar-refractivity contribution in [2.24, 2.45) is 0 Å². The minimum atomic E-state index is -0.503. The first-order valence-electron chi connectivity index (χ1n) is 8.57. The van der Waals surface area contributed by atoms with Crippen molar-refractivity contribution in [2.45, 2.75) is 13.0 Å². The summed E-state index contributed by atoms with van der Waals surface area (Å²) in [6, 6.07) is 7.53. The Morgan fingerprint density at radius 2 is 2.18 bits per heavy atom. The molecule has 0 spiro atoms. The lowest BCUT2D eigenvalue weighted by Gasteiger charge is -2.26. The zero-order valence-electron chi connectivity index (χ0n) is 14.7. The number of anilines is 1. The quantitative estimate of drug-likeness (QED) is 0.710. The summed E-state index contributed by atoms with van der Waals surface area (Å²) >= 11 is 1.33. The van der Waals surface area contributed by atoms with E-state index < -0.39 is 5.82 Å². The number of nitrogens with zero attached hydrogens (tertiary/aromatic N) is 2. The van der Waals surface area contributed by atoms with Gasteiger partial charge in [-0.15, -0.1) is 0 Å². The van der Waals surface area contributed by atoms with E-state index in [-0.39, 0.29) is 24.2 Å². The molecule has 1 N–H and O–H groups in total. The van der Waals surface area contributed by atoms with Gasteiger partial charge in [-0.2, -0.15) is 0 Å². The summed E-state index contributed by atoms with van der Waals surface area (Å²) in [6.07, 6.45) is 3.37. The maximum atomic E-state index is 13.6. The van der Waals surface area contributed by atoms with Crippen molar-refractivity contribution in [3.05, 3.63) is 64.8 Å². The number of rotatable bonds is 5. The van der Waals surface area contributed by atoms with Crippen LogP contribution in [0.1, 0.15) is 20.9 Å². The number of furan rings is 1. The summed E-state index contributed by atoms with van der Waals surface area (Å²) < 4.78 is 23.8. The lowest BCUT2D eigenvalue weighted by Crippen LogP contribution is -2.38. The van der Waals surface area contributed by atoms with E-state index >= 15 is 0 Å². The SMILES string of the molecule is O=C(Nc1nc2c(s1)CN(C(=O)COc1ccccc1F)CC2)c1ccoc1. The molecular weight excluding hydrogens is 385 g/mol. The number of halogens is 1. The Kier molecular flexibility index (Phi) is 5.07. The molecular formula is C19H16FN3O4S. The van der Waals surface area contributed by atoms with Gasteiger partial charge in [0.05, 0.1) is 24.1 Å². The highest BCUT2D eigenvalue weighted by Crippen LogP contribution is 2.29. The van der Waals surface area contributed by atoms with Crippen LogP contribution in [0.4, 0.5) is 9.52 Å². The third kappa shape index (κ3) is 3.89. The summed E-state index contributed by atoms with van der Waals surface area (Å²) in [5.41, 5.74) is 1.28. The van der Waals surface area contributed by atoms with Crippen molar-refractivity contribution in [3.63, 3.8) is 0 Å². The maximum absolute atomic E-state index is 13.6. The van der Waals surface area contributed by atoms with Crippen molar-refractivity contribution in [1.82, 2.24) is 9.88 Å². The standard InChI is InChI=1S/C19H16FN3O4S/c20-13-3-1-2-4-15(13)27-11-17(24)23-7-5-14-16(9-23)28-19(21-14)22-18(25)12-6-8-26-10-12/h1-4,6,8,10H,5,7,9,11H2,(H,21,22,25). The van der Waals surface area contributed by atoms with Gasteiger partial charge >= 0.3 is 0 Å². The van der Waals surface area contributed by atoms with E-state index in [2.05, 4.69) is 10.3 Å². The van der Waals surface area contributed by atoms with Gasteiger partial charge in [0.1, 0.15) is 6.26 Å². The van der Waals surface area contributed by atoms with Gasteiger partial charge in [-0.05, 0) is 18.2 Å². The van der Waals surface area contributed by atoms with Crippen LogP contribution < -0.4 is 10.1 Å². The summed E-state index contributed by atoms with van der Waals surface area (Å²) in [6.45, 7) is 0.637. The number of benzene rings is 1. The van der Waals surface area contributed by atoms with Gasteiger partial charge in [0.15, 0.2) is 23.3 Å². The average Bonchev–Trinajstić information content (AvgIpc) is 3.36. The van der Waals surface area contributed by atoms with Gasteiger partial charge in [0.25, 0.3) is 11.8 Å². The normalized spacial score (nSPS) is 13.1. The van der Waals surface area contributed by atoms with E-state index in [0.717, 1.165) is 10.6 Å². The highest BCUT2D eigenvalue weighted by molar-refractivity contribution is 7.15. The number of carbonyl (C=O) groups is 2. The van der Waals surface area contributed by atoms with Crippen LogP contribution in [0.25, 0.3) is 0 Å². The molecule has 3 heterocycles. The molecule has 3 aromatic rings. The fourth-order valence-electron chi connectivity index (χ4n) is 2.82. The van der Waals surface area contributed by atoms with Crippen LogP contribution in [0.5, 0.6) is 5.75 Å². The first-order valence-corrected chi connectivity index (χ1v) is 9.39. The fourth-order valence-corrected chi connectivity index (χ4v) is 3.84. The Bertz CT molecular complexity index is 1000. The largest absolute Gasteiger partial charge is 0.481 e. The van der Waals surface area contributed by atoms with E-state index in [4.69, 9.17) is 9.15 Å². The van der Waals surface area contributed by atoms with Crippen LogP contribution in [-0.2, 0) is 17.8 Å². The number of aromatic nitrogens is 1. The molecule has 1 aliphatic heterocycles. The van der Waals surface area contributed by atoms with E-state index in [1.807, 2.05) is 0 Å². The number of ether oxygens (including phenoxy) is 1. The average molecular weight is 401 g/mol. The fraction of sp³-hybridized carbons (Fsp3) is 0.211. The van der Waals surface area contributed by atoms with Crippen LogP contribution in [0.15, 0.2) is 47.3 Å². The van der Waals surface area contributed by atoms with Crippen LogP contribution in [0.3, 0.4) is 0 Å². The number of hydrogen-bond acceptors (Lipinski definition) is 6. The summed E-state index contributed by atoms with van der Waals surface area (Å²) in [5.74, 6) is -0.982. The van der Waals surface area contributed by atoms with Gasteiger partial charge in [0.2, 0.25) is 0 Å². The van der Waals surface area contributed by atoms with Gasteiger partial charge in [0, 0.05) is 17.8 Å². The van der Waals surface area contributed by atoms with Crippen molar-refractivity contribution >= 4 is 28.3 Å². The second kappa shape index (κ2) is 7.81. The van der Waals surface area contributed by atoms with Gasteiger partial charge in [-0.3, -0.25) is 14.9 Å². The van der Waals surface area contributed by atoms with E-state index in [9.17, 15) is 14.0 Å². The van der Waals surface area contributed by atoms with Crippen molar-refractivity contribution < 1.29 is 23.1 Å². The van der Waals surface area contributed by atoms with E-state index in [1.165, 1.54) is 36.0 Å². The van der Waals surface area contributed by atoms with Gasteiger partial charge in [-0.25, -0.2) is 9.37 Å². The van der Waals surface area contributed by atoms with Gasteiger partial charge < -0.3 is 14.1 Å². The molecule has 0 atom stereocenters. The molecule has 2 aromatic heterocycles. The number of carbonyl (C=O) groups excluding carboxylic acids is 2. The Morgan fingerprint density at radius 1 is 1.32 bits per heavy atom. The summed E-state index contributed by atoms with van der Waals surface area (Å²) in [7, 11) is 0. The smallest absolute Gasteiger partial charge is 0.260 e. The highest BCUT2D eigenvalue weighted by atomic mass is 32.1. The molecule has 0 unspecified atom stereocenters. The van der Waals surface area contributed by atoms with Crippen molar-refractivity contribution in [2.75, 3.05) is 18.5 Å². The number of amides is 2. The Hall–Kier alpha value is -3.20. The van der Waals surface area contributed by atoms with Crippen LogP contribution in [0, 0.1) is 5.82 Å². The lowest BCUT2D eigenvalue weighted by molar-refractivity contribution is -0.134. The molecule has 2 amide bonds. The predicted molar refractivity (Wildman–Crippen MR) is 99.8 cm³/mol. The molecule has 1 aromatic carbocycles. The first kappa shape index (κ1) is 18.2. The second-order valence-electron chi connectivity index (χ2n) is 6.14. The number of hydrogen-bond donors (Lipinski definition) is 1. The minimum absolute atomic E-state index is 0.0515. The molecule has 0 bridgehead atoms. The van der Waals surface area contributed by atoms with Crippen LogP contribution >= 0.6 is 11.3 Å². The molecule has 9 heteroatoms. The Labute approximate surface area is 163 Å². The maximum Gasteiger partial charge on any atom is 0.260 e. The molecule has 0 fully saturated rings. The van der Waals surface area contributed by atoms with Crippen LogP contribution in [-0.4, -0.2) is 34.8 Å². The van der Waals surface area contributed by atoms with E-state index in [0.29, 0.717) is 30.2 Å². The molecule has 7 nitrogen and oxygen atoms in total. The second-order valence-corrected chi connectivity index (χ2v) is 7.22. The zero-order chi connectivity index (χ0) is 19.5. The zero-order valence-corrected chi connectivity index (χ0v) is 15.5. The van der Waals surface area contributed by atoms with Crippen molar-refractivity contribution in [3.8, 4) is 5.75 Å². The predicted octanol–water partition coefficient (Wildman–Crippen LogP) is 3.09. The molecule has 144 valence electrons. The first-order chi connectivity index (χ1) is 13.6. The third-order valence-corrected chi connectivity index (χ3v) is 5.27. The van der Waals surface area contributed by atoms with E-state index in [1.54, 1.807) is 23.1 Å². The Balaban J connectivity index is 1.36. The molecule has 0 radical (unpaired) electrons. The monoisotopic (exact) mass is 401 g/mol. The number of para-hydroxylation sites is 1. The molecule has 1 aliphatic rings. The lowest BCUT2D eigenvalue weighted by atomic mass is 10.2. The topological polar surface area (TPSA) is 84.7 Å². The minimum Gasteiger partial charge on any atom is -0.481 e. The molecule has 0 saturated carbocycles. The highest BCUT2D eigenvalue weighted by Gasteiger charge is 2.25. The van der Waals surface area contributed by atoms with Crippen molar-refractivity contribution in [1.29, 1.82) is 0 Å². The van der Waals surface area contributed by atoms with Gasteiger partial charge in [-0.1, -0.05) is 23.5 Å². The number of fused-ring (bicyclic) bond motifs is 1. The molecule has 0 aliphatic carbocycles. The Morgan fingerprint density at radius 3 is 2.96 bits per heavy atom. The molecule has 4 rings (SSSR count). The molecule has 28 heavy (non-hydrogen) atoms. The number of nitrogens with one attached hydrogen (secondary N) is 1. The summed E-state index contributed by atoms with van der Waals surface area (Å²) in [4.78, 5) is 31.5.